The number of nitrogens with one attached hydrogen (secondary N) is 1. The molecule has 0 spiro atoms. The Morgan fingerprint density at radius 3 is 2.56 bits per heavy atom. The minimum absolute atomic E-state index is 0.429. The van der Waals surface area contributed by atoms with Gasteiger partial charge in [-0.05, 0) is 41.0 Å². The number of fused-ring (bicyclic) bond motifs is 1. The van der Waals surface area contributed by atoms with Crippen molar-refractivity contribution >= 4 is 16.8 Å². The molecule has 0 bridgehead atoms. The fourth-order valence-corrected chi connectivity index (χ4v) is 3.15. The fraction of sp³-hybridized carbons (Fsp3) is 0.0952. The van der Waals surface area contributed by atoms with Gasteiger partial charge in [0, 0.05) is 30.4 Å². The lowest BCUT2D eigenvalue weighted by atomic mass is 10.1. The third-order valence-electron chi connectivity index (χ3n) is 4.54. The van der Waals surface area contributed by atoms with Crippen molar-refractivity contribution in [1.82, 2.24) is 20.2 Å². The van der Waals surface area contributed by atoms with E-state index in [1.807, 2.05) is 66.9 Å². The maximum atomic E-state index is 12.3. The van der Waals surface area contributed by atoms with Crippen molar-refractivity contribution in [1.29, 1.82) is 0 Å². The molecule has 2 aromatic carbocycles. The van der Waals surface area contributed by atoms with Crippen molar-refractivity contribution < 1.29 is 10.0 Å². The first-order valence-corrected chi connectivity index (χ1v) is 8.62. The lowest BCUT2D eigenvalue weighted by Crippen LogP contribution is -2.32. The minimum atomic E-state index is -0.644. The van der Waals surface area contributed by atoms with Gasteiger partial charge in [0.25, 0.3) is 5.91 Å². The van der Waals surface area contributed by atoms with Gasteiger partial charge in [-0.15, -0.1) is 0 Å². The highest BCUT2D eigenvalue weighted by molar-refractivity contribution is 5.85. The molecule has 0 fully saturated rings. The summed E-state index contributed by atoms with van der Waals surface area (Å²) in [5.74, 6) is -0.499. The second kappa shape index (κ2) is 7.39. The Kier molecular flexibility index (Phi) is 4.63. The average Bonchev–Trinajstić information content (AvgIpc) is 3.16. The number of carbonyl (C=O) groups excluding carboxylic acids is 1. The number of carbonyl (C=O) groups is 1. The number of hydrogen-bond acceptors (Lipinski definition) is 4. The Bertz CT molecular complexity index is 1060. The van der Waals surface area contributed by atoms with Crippen molar-refractivity contribution in [2.75, 3.05) is 0 Å². The number of aromatic nitrogens is 3. The van der Waals surface area contributed by atoms with Crippen LogP contribution in [0.15, 0.2) is 79.3 Å². The highest BCUT2D eigenvalue weighted by Gasteiger charge is 2.22. The van der Waals surface area contributed by atoms with Gasteiger partial charge in [-0.1, -0.05) is 36.4 Å². The highest BCUT2D eigenvalue weighted by Crippen LogP contribution is 2.25. The molecule has 4 rings (SSSR count). The van der Waals surface area contributed by atoms with Crippen LogP contribution in [0.1, 0.15) is 11.6 Å². The minimum Gasteiger partial charge on any atom is -0.289 e. The number of benzene rings is 2. The summed E-state index contributed by atoms with van der Waals surface area (Å²) in [5.41, 5.74) is 5.65. The normalized spacial score (nSPS) is 12.0. The molecule has 0 aliphatic carbocycles. The summed E-state index contributed by atoms with van der Waals surface area (Å²) in [6.07, 6.45) is 5.77. The zero-order valence-corrected chi connectivity index (χ0v) is 14.5. The van der Waals surface area contributed by atoms with Gasteiger partial charge in [-0.2, -0.15) is 5.10 Å². The number of hydroxylamine groups is 1. The van der Waals surface area contributed by atoms with Crippen molar-refractivity contribution in [3.63, 3.8) is 0 Å². The van der Waals surface area contributed by atoms with Crippen LogP contribution in [-0.2, 0) is 11.2 Å². The average molecular weight is 358 g/mol. The van der Waals surface area contributed by atoms with Gasteiger partial charge in [0.1, 0.15) is 6.04 Å². The van der Waals surface area contributed by atoms with Gasteiger partial charge in [0.2, 0.25) is 0 Å². The molecule has 1 amide bonds. The van der Waals surface area contributed by atoms with Gasteiger partial charge in [-0.3, -0.25) is 19.7 Å². The summed E-state index contributed by atoms with van der Waals surface area (Å²) in [6.45, 7) is 0. The smallest absolute Gasteiger partial charge is 0.268 e. The van der Waals surface area contributed by atoms with Crippen LogP contribution in [-0.4, -0.2) is 25.9 Å². The van der Waals surface area contributed by atoms with Gasteiger partial charge in [-0.25, -0.2) is 5.48 Å². The second-order valence-corrected chi connectivity index (χ2v) is 6.30. The lowest BCUT2D eigenvalue weighted by molar-refractivity contribution is -0.132. The summed E-state index contributed by atoms with van der Waals surface area (Å²) in [7, 11) is 0. The van der Waals surface area contributed by atoms with Crippen LogP contribution in [0.5, 0.6) is 0 Å². The lowest BCUT2D eigenvalue weighted by Gasteiger charge is -2.15. The predicted molar refractivity (Wildman–Crippen MR) is 102 cm³/mol. The topological polar surface area (TPSA) is 80.0 Å². The fourth-order valence-electron chi connectivity index (χ4n) is 3.15. The van der Waals surface area contributed by atoms with E-state index in [0.717, 1.165) is 27.6 Å². The van der Waals surface area contributed by atoms with Gasteiger partial charge in [0.05, 0.1) is 5.52 Å². The Hall–Kier alpha value is -3.51. The molecule has 2 heterocycles. The molecule has 134 valence electrons. The third-order valence-corrected chi connectivity index (χ3v) is 4.54. The Balaban J connectivity index is 1.71. The van der Waals surface area contributed by atoms with Crippen molar-refractivity contribution in [3.8, 4) is 11.1 Å². The molecular formula is C21H18N4O2. The summed E-state index contributed by atoms with van der Waals surface area (Å²) >= 11 is 0. The van der Waals surface area contributed by atoms with E-state index in [9.17, 15) is 4.79 Å². The monoisotopic (exact) mass is 358 g/mol. The van der Waals surface area contributed by atoms with E-state index in [1.54, 1.807) is 22.6 Å². The van der Waals surface area contributed by atoms with Gasteiger partial charge < -0.3 is 0 Å². The predicted octanol–water partition coefficient (Wildman–Crippen LogP) is 3.39. The molecule has 0 saturated carbocycles. The van der Waals surface area contributed by atoms with E-state index < -0.39 is 11.9 Å². The molecule has 0 saturated heterocycles. The van der Waals surface area contributed by atoms with Crippen molar-refractivity contribution in [3.05, 3.63) is 84.8 Å². The Morgan fingerprint density at radius 1 is 1.04 bits per heavy atom. The maximum absolute atomic E-state index is 12.3. The van der Waals surface area contributed by atoms with Crippen LogP contribution in [0.2, 0.25) is 0 Å². The molecule has 6 nitrogen and oxygen atoms in total. The quantitative estimate of drug-likeness (QED) is 0.423. The summed E-state index contributed by atoms with van der Waals surface area (Å²) < 4.78 is 1.61. The molecule has 1 unspecified atom stereocenters. The van der Waals surface area contributed by atoms with E-state index in [1.165, 1.54) is 0 Å². The van der Waals surface area contributed by atoms with E-state index >= 15 is 0 Å². The first kappa shape index (κ1) is 16.9. The molecule has 6 heteroatoms. The van der Waals surface area contributed by atoms with E-state index in [-0.39, 0.29) is 0 Å². The molecule has 0 aliphatic heterocycles. The van der Waals surface area contributed by atoms with E-state index in [2.05, 4.69) is 10.1 Å². The number of pyridine rings is 1. The van der Waals surface area contributed by atoms with Crippen LogP contribution in [0, 0.1) is 0 Å². The SMILES string of the molecule is O=C(NO)C(Cc1ccccc1)n1cc2cc(-c3ccncc3)ccc2n1. The number of rotatable bonds is 5. The Labute approximate surface area is 156 Å². The number of amides is 1. The third kappa shape index (κ3) is 3.56. The molecule has 27 heavy (non-hydrogen) atoms. The summed E-state index contributed by atoms with van der Waals surface area (Å²) in [6, 6.07) is 18.9. The van der Waals surface area contributed by atoms with Gasteiger partial charge in [0.15, 0.2) is 0 Å². The van der Waals surface area contributed by atoms with E-state index in [4.69, 9.17) is 5.21 Å². The van der Waals surface area contributed by atoms with E-state index in [0.29, 0.717) is 6.42 Å². The molecule has 0 radical (unpaired) electrons. The first-order valence-electron chi connectivity index (χ1n) is 8.62. The molecular weight excluding hydrogens is 340 g/mol. The summed E-state index contributed by atoms with van der Waals surface area (Å²) in [4.78, 5) is 16.3. The van der Waals surface area contributed by atoms with Gasteiger partial charge >= 0.3 is 0 Å². The van der Waals surface area contributed by atoms with Crippen molar-refractivity contribution in [2.45, 2.75) is 12.5 Å². The first-order chi connectivity index (χ1) is 13.2. The molecule has 2 N–H and O–H groups in total. The second-order valence-electron chi connectivity index (χ2n) is 6.30. The highest BCUT2D eigenvalue weighted by atomic mass is 16.5. The maximum Gasteiger partial charge on any atom is 0.268 e. The van der Waals surface area contributed by atoms with Crippen LogP contribution in [0.3, 0.4) is 0 Å². The van der Waals surface area contributed by atoms with Crippen LogP contribution in [0.4, 0.5) is 0 Å². The molecule has 2 aromatic heterocycles. The zero-order valence-electron chi connectivity index (χ0n) is 14.5. The molecule has 0 aliphatic rings. The summed E-state index contributed by atoms with van der Waals surface area (Å²) in [5, 5.41) is 14.6. The molecule has 1 atom stereocenters. The van der Waals surface area contributed by atoms with Crippen LogP contribution < -0.4 is 5.48 Å². The zero-order chi connectivity index (χ0) is 18.6. The Morgan fingerprint density at radius 2 is 1.81 bits per heavy atom. The number of nitrogens with zero attached hydrogens (tertiary/aromatic N) is 3. The van der Waals surface area contributed by atoms with Crippen LogP contribution in [0.25, 0.3) is 22.0 Å². The largest absolute Gasteiger partial charge is 0.289 e. The van der Waals surface area contributed by atoms with Crippen molar-refractivity contribution in [2.24, 2.45) is 0 Å². The standard InChI is InChI=1S/C21H18N4O2/c26-21(24-27)20(12-15-4-2-1-3-5-15)25-14-18-13-17(6-7-19(18)23-25)16-8-10-22-11-9-16/h1-11,13-14,20,27H,12H2,(H,24,26). The van der Waals surface area contributed by atoms with Crippen LogP contribution >= 0.6 is 0 Å². The molecule has 4 aromatic rings. The number of hydrogen-bond donors (Lipinski definition) is 2.